The predicted octanol–water partition coefficient (Wildman–Crippen LogP) is 3.44. The normalized spacial score (nSPS) is 14.1. The number of hydrogen-bond donors (Lipinski definition) is 1. The van der Waals surface area contributed by atoms with Crippen LogP contribution in [0.3, 0.4) is 0 Å². The van der Waals surface area contributed by atoms with Crippen LogP contribution >= 0.6 is 0 Å². The summed E-state index contributed by atoms with van der Waals surface area (Å²) in [5.41, 5.74) is 2.86. The lowest BCUT2D eigenvalue weighted by Crippen LogP contribution is -2.48. The summed E-state index contributed by atoms with van der Waals surface area (Å²) >= 11 is 0. The van der Waals surface area contributed by atoms with Crippen molar-refractivity contribution in [1.29, 1.82) is 0 Å². The molecule has 33 heavy (non-hydrogen) atoms. The zero-order valence-electron chi connectivity index (χ0n) is 19.0. The van der Waals surface area contributed by atoms with Crippen LogP contribution in [0.5, 0.6) is 11.5 Å². The lowest BCUT2D eigenvalue weighted by molar-refractivity contribution is -0.130. The molecule has 1 aliphatic rings. The minimum atomic E-state index is 0.151. The summed E-state index contributed by atoms with van der Waals surface area (Å²) in [7, 11) is 1.65. The van der Waals surface area contributed by atoms with Gasteiger partial charge in [0.25, 0.3) is 0 Å². The highest BCUT2D eigenvalue weighted by molar-refractivity contribution is 5.73. The van der Waals surface area contributed by atoms with Gasteiger partial charge in [-0.2, -0.15) is 0 Å². The van der Waals surface area contributed by atoms with Crippen molar-refractivity contribution >= 4 is 17.5 Å². The van der Waals surface area contributed by atoms with Crippen molar-refractivity contribution in [1.82, 2.24) is 19.8 Å². The van der Waals surface area contributed by atoms with Crippen molar-refractivity contribution in [3.63, 3.8) is 0 Å². The first-order chi connectivity index (χ1) is 16.1. The molecule has 1 N–H and O–H groups in total. The highest BCUT2D eigenvalue weighted by Gasteiger charge is 2.18. The molecule has 0 spiro atoms. The van der Waals surface area contributed by atoms with Gasteiger partial charge in [-0.25, -0.2) is 9.97 Å². The number of rotatable bonds is 8. The van der Waals surface area contributed by atoms with Crippen LogP contribution in [0.15, 0.2) is 60.9 Å². The molecule has 1 aliphatic heterocycles. The van der Waals surface area contributed by atoms with E-state index >= 15 is 0 Å². The van der Waals surface area contributed by atoms with Crippen LogP contribution in [0.25, 0.3) is 11.1 Å². The summed E-state index contributed by atoms with van der Waals surface area (Å²) in [4.78, 5) is 24.5. The van der Waals surface area contributed by atoms with Gasteiger partial charge in [0.05, 0.1) is 7.11 Å². The van der Waals surface area contributed by atoms with Crippen molar-refractivity contribution < 1.29 is 14.3 Å². The first-order valence-corrected chi connectivity index (χ1v) is 11.0. The molecule has 1 amide bonds. The van der Waals surface area contributed by atoms with E-state index in [4.69, 9.17) is 9.47 Å². The molecular formula is C25H29N5O3. The molecule has 8 nitrogen and oxygen atoms in total. The fraction of sp³-hybridized carbons (Fsp3) is 0.320. The quantitative estimate of drug-likeness (QED) is 0.567. The second-order valence-corrected chi connectivity index (χ2v) is 7.87. The molecule has 0 bridgehead atoms. The lowest BCUT2D eigenvalue weighted by Gasteiger charge is -2.34. The van der Waals surface area contributed by atoms with Crippen molar-refractivity contribution in [2.24, 2.45) is 0 Å². The molecule has 2 heterocycles. The Morgan fingerprint density at radius 2 is 1.55 bits per heavy atom. The van der Waals surface area contributed by atoms with Gasteiger partial charge in [0, 0.05) is 63.3 Å². The number of benzene rings is 2. The maximum atomic E-state index is 11.4. The first kappa shape index (κ1) is 22.5. The molecule has 1 saturated heterocycles. The van der Waals surface area contributed by atoms with E-state index in [0.29, 0.717) is 12.6 Å². The van der Waals surface area contributed by atoms with Crippen LogP contribution in [-0.2, 0) is 4.79 Å². The minimum Gasteiger partial charge on any atom is -0.497 e. The molecule has 0 radical (unpaired) electrons. The van der Waals surface area contributed by atoms with E-state index in [2.05, 4.69) is 20.2 Å². The second-order valence-electron chi connectivity index (χ2n) is 7.87. The number of aromatic nitrogens is 2. The highest BCUT2D eigenvalue weighted by Crippen LogP contribution is 2.23. The summed E-state index contributed by atoms with van der Waals surface area (Å²) in [6.45, 7) is 6.45. The molecule has 0 saturated carbocycles. The number of nitrogens with zero attached hydrogens (tertiary/aromatic N) is 4. The Kier molecular flexibility index (Phi) is 7.36. The number of carbonyl (C=O) groups excluding carboxylic acids is 1. The number of anilines is 2. The lowest BCUT2D eigenvalue weighted by atomic mass is 10.1. The fourth-order valence-electron chi connectivity index (χ4n) is 3.67. The molecule has 1 fully saturated rings. The van der Waals surface area contributed by atoms with Crippen molar-refractivity contribution in [3.8, 4) is 22.6 Å². The van der Waals surface area contributed by atoms with Crippen molar-refractivity contribution in [2.45, 2.75) is 6.92 Å². The van der Waals surface area contributed by atoms with E-state index in [1.807, 2.05) is 53.4 Å². The Bertz CT molecular complexity index is 1030. The van der Waals surface area contributed by atoms with Crippen LogP contribution in [0, 0.1) is 0 Å². The maximum absolute atomic E-state index is 11.4. The number of amides is 1. The average Bonchev–Trinajstić information content (AvgIpc) is 2.86. The number of methoxy groups -OCH3 is 1. The summed E-state index contributed by atoms with van der Waals surface area (Å²) in [6.07, 6.45) is 3.59. The van der Waals surface area contributed by atoms with E-state index in [9.17, 15) is 4.79 Å². The molecule has 2 aromatic carbocycles. The number of hydrogen-bond acceptors (Lipinski definition) is 7. The molecule has 0 unspecified atom stereocenters. The topological polar surface area (TPSA) is 79.8 Å². The molecule has 172 valence electrons. The third-order valence-corrected chi connectivity index (χ3v) is 5.68. The molecule has 0 atom stereocenters. The number of piperazine rings is 1. The minimum absolute atomic E-state index is 0.151. The van der Waals surface area contributed by atoms with E-state index in [1.54, 1.807) is 26.4 Å². The van der Waals surface area contributed by atoms with Gasteiger partial charge in [-0.3, -0.25) is 9.69 Å². The van der Waals surface area contributed by atoms with Crippen LogP contribution in [0.4, 0.5) is 11.6 Å². The Balaban J connectivity index is 1.23. The number of nitrogens with one attached hydrogen (secondary N) is 1. The van der Waals surface area contributed by atoms with Gasteiger partial charge >= 0.3 is 0 Å². The Hall–Kier alpha value is -3.65. The smallest absolute Gasteiger partial charge is 0.227 e. The Morgan fingerprint density at radius 1 is 0.909 bits per heavy atom. The maximum Gasteiger partial charge on any atom is 0.227 e. The summed E-state index contributed by atoms with van der Waals surface area (Å²) < 4.78 is 11.1. The van der Waals surface area contributed by atoms with Gasteiger partial charge < -0.3 is 19.7 Å². The SMILES string of the molecule is COc1ccc(-c2cnc(Nc3ccc(OCCN4CCN(C(C)=O)CC4)cc3)nc2)cc1. The highest BCUT2D eigenvalue weighted by atomic mass is 16.5. The molecule has 3 aromatic rings. The molecule has 8 heteroatoms. The van der Waals surface area contributed by atoms with Gasteiger partial charge in [0.15, 0.2) is 0 Å². The first-order valence-electron chi connectivity index (χ1n) is 11.0. The molecule has 4 rings (SSSR count). The van der Waals surface area contributed by atoms with Gasteiger partial charge in [0.1, 0.15) is 18.1 Å². The zero-order valence-corrected chi connectivity index (χ0v) is 19.0. The summed E-state index contributed by atoms with van der Waals surface area (Å²) in [6, 6.07) is 15.6. The van der Waals surface area contributed by atoms with Crippen molar-refractivity contribution in [2.75, 3.05) is 51.8 Å². The van der Waals surface area contributed by atoms with Crippen LogP contribution in [0.2, 0.25) is 0 Å². The van der Waals surface area contributed by atoms with E-state index in [1.165, 1.54) is 0 Å². The van der Waals surface area contributed by atoms with E-state index in [-0.39, 0.29) is 5.91 Å². The van der Waals surface area contributed by atoms with Gasteiger partial charge in [-0.1, -0.05) is 12.1 Å². The third-order valence-electron chi connectivity index (χ3n) is 5.68. The third kappa shape index (κ3) is 6.20. The number of ether oxygens (including phenoxy) is 2. The molecular weight excluding hydrogens is 418 g/mol. The van der Waals surface area contributed by atoms with E-state index < -0.39 is 0 Å². The zero-order chi connectivity index (χ0) is 23.0. The Morgan fingerprint density at radius 3 is 2.15 bits per heavy atom. The van der Waals surface area contributed by atoms with Gasteiger partial charge in [-0.05, 0) is 42.0 Å². The average molecular weight is 448 g/mol. The van der Waals surface area contributed by atoms with Crippen molar-refractivity contribution in [3.05, 3.63) is 60.9 Å². The van der Waals surface area contributed by atoms with Gasteiger partial charge in [0.2, 0.25) is 11.9 Å². The molecule has 1 aromatic heterocycles. The second kappa shape index (κ2) is 10.8. The summed E-state index contributed by atoms with van der Waals surface area (Å²) in [5.74, 6) is 2.32. The predicted molar refractivity (Wildman–Crippen MR) is 128 cm³/mol. The number of carbonyl (C=O) groups is 1. The van der Waals surface area contributed by atoms with Crippen LogP contribution < -0.4 is 14.8 Å². The van der Waals surface area contributed by atoms with Gasteiger partial charge in [-0.15, -0.1) is 0 Å². The van der Waals surface area contributed by atoms with Crippen LogP contribution in [0.1, 0.15) is 6.92 Å². The Labute approximate surface area is 194 Å². The molecule has 0 aliphatic carbocycles. The monoisotopic (exact) mass is 447 g/mol. The summed E-state index contributed by atoms with van der Waals surface area (Å²) in [5, 5.41) is 3.21. The standard InChI is InChI=1S/C25H29N5O3/c1-19(31)30-13-11-29(12-14-30)15-16-33-24-9-5-22(6-10-24)28-25-26-17-21(18-27-25)20-3-7-23(32-2)8-4-20/h3-10,17-18H,11-16H2,1-2H3,(H,26,27,28). The largest absolute Gasteiger partial charge is 0.497 e. The van der Waals surface area contributed by atoms with Crippen LogP contribution in [-0.4, -0.2) is 72.1 Å². The van der Waals surface area contributed by atoms with E-state index in [0.717, 1.165) is 61.0 Å². The fourth-order valence-corrected chi connectivity index (χ4v) is 3.67.